The molecule has 0 aromatic carbocycles. The predicted molar refractivity (Wildman–Crippen MR) is 70.5 cm³/mol. The van der Waals surface area contributed by atoms with Gasteiger partial charge in [-0.3, -0.25) is 20.2 Å². The van der Waals surface area contributed by atoms with Crippen LogP contribution in [0.5, 0.6) is 0 Å². The van der Waals surface area contributed by atoms with E-state index in [1.54, 1.807) is 18.7 Å². The first-order valence-electron chi connectivity index (χ1n) is 6.64. The van der Waals surface area contributed by atoms with E-state index in [0.717, 1.165) is 25.9 Å². The van der Waals surface area contributed by atoms with Gasteiger partial charge in [-0.15, -0.1) is 0 Å². The average Bonchev–Trinajstić information content (AvgIpc) is 2.89. The fourth-order valence-corrected chi connectivity index (χ4v) is 1.84. The van der Waals surface area contributed by atoms with E-state index >= 15 is 0 Å². The molecule has 4 amide bonds. The van der Waals surface area contributed by atoms with E-state index in [4.69, 9.17) is 0 Å². The number of urea groups is 1. The Hall–Kier alpha value is -1.63. The highest BCUT2D eigenvalue weighted by Gasteiger charge is 2.20. The number of carbonyl (C=O) groups excluding carboxylic acids is 3. The van der Waals surface area contributed by atoms with Gasteiger partial charge in [-0.2, -0.15) is 0 Å². The van der Waals surface area contributed by atoms with Gasteiger partial charge in [-0.1, -0.05) is 0 Å². The van der Waals surface area contributed by atoms with Gasteiger partial charge in [-0.05, 0) is 26.7 Å². The fraction of sp³-hybridized carbons (Fsp3) is 0.750. The number of hydrogen-bond donors (Lipinski definition) is 3. The van der Waals surface area contributed by atoms with E-state index in [2.05, 4.69) is 16.0 Å². The predicted octanol–water partition coefficient (Wildman–Crippen LogP) is -0.567. The summed E-state index contributed by atoms with van der Waals surface area (Å²) in [6, 6.07) is -1.11. The second-order valence-electron chi connectivity index (χ2n) is 4.54. The minimum Gasteiger partial charge on any atom is -0.342 e. The fourth-order valence-electron chi connectivity index (χ4n) is 1.84. The summed E-state index contributed by atoms with van der Waals surface area (Å²) in [7, 11) is 0. The highest BCUT2D eigenvalue weighted by Crippen LogP contribution is 2.06. The van der Waals surface area contributed by atoms with Crippen molar-refractivity contribution in [1.82, 2.24) is 20.9 Å². The molecule has 3 N–H and O–H groups in total. The molecule has 0 saturated carbocycles. The molecule has 0 aromatic heterocycles. The molecule has 108 valence electrons. The molecule has 1 fully saturated rings. The van der Waals surface area contributed by atoms with Gasteiger partial charge in [0.05, 0.1) is 12.6 Å². The van der Waals surface area contributed by atoms with Crippen LogP contribution in [0, 0.1) is 0 Å². The lowest BCUT2D eigenvalue weighted by molar-refractivity contribution is -0.129. The lowest BCUT2D eigenvalue weighted by atomic mass is 10.3. The van der Waals surface area contributed by atoms with E-state index in [1.807, 2.05) is 0 Å². The molecule has 1 aliphatic rings. The third-order valence-electron chi connectivity index (χ3n) is 2.99. The molecular weight excluding hydrogens is 248 g/mol. The van der Waals surface area contributed by atoms with Gasteiger partial charge < -0.3 is 10.2 Å². The molecule has 1 atom stereocenters. The second-order valence-corrected chi connectivity index (χ2v) is 4.54. The second kappa shape index (κ2) is 7.73. The van der Waals surface area contributed by atoms with E-state index in [-0.39, 0.29) is 12.5 Å². The number of likely N-dealkylation sites (tertiary alicyclic amines) is 1. The molecule has 1 heterocycles. The maximum absolute atomic E-state index is 11.7. The van der Waals surface area contributed by atoms with Crippen LogP contribution < -0.4 is 16.0 Å². The number of imide groups is 1. The third-order valence-corrected chi connectivity index (χ3v) is 2.99. The lowest BCUT2D eigenvalue weighted by Crippen LogP contribution is -2.50. The molecule has 7 nitrogen and oxygen atoms in total. The Morgan fingerprint density at radius 2 is 1.84 bits per heavy atom. The summed E-state index contributed by atoms with van der Waals surface area (Å²) < 4.78 is 0. The molecule has 0 radical (unpaired) electrons. The number of carbonyl (C=O) groups is 3. The van der Waals surface area contributed by atoms with Crippen molar-refractivity contribution in [2.24, 2.45) is 0 Å². The van der Waals surface area contributed by atoms with Gasteiger partial charge >= 0.3 is 6.03 Å². The van der Waals surface area contributed by atoms with Crippen LogP contribution in [0.1, 0.15) is 26.7 Å². The lowest BCUT2D eigenvalue weighted by Gasteiger charge is -2.18. The van der Waals surface area contributed by atoms with Crippen molar-refractivity contribution in [2.45, 2.75) is 32.7 Å². The zero-order valence-electron chi connectivity index (χ0n) is 11.5. The first-order chi connectivity index (χ1) is 9.04. The number of nitrogens with one attached hydrogen (secondary N) is 3. The summed E-state index contributed by atoms with van der Waals surface area (Å²) >= 11 is 0. The molecule has 1 saturated heterocycles. The largest absolute Gasteiger partial charge is 0.342 e. The van der Waals surface area contributed by atoms with Gasteiger partial charge in [0.2, 0.25) is 11.8 Å². The van der Waals surface area contributed by atoms with Crippen molar-refractivity contribution in [3.05, 3.63) is 0 Å². The van der Waals surface area contributed by atoms with Crippen molar-refractivity contribution in [3.8, 4) is 0 Å². The maximum Gasteiger partial charge on any atom is 0.321 e. The Morgan fingerprint density at radius 1 is 1.21 bits per heavy atom. The van der Waals surface area contributed by atoms with E-state index < -0.39 is 18.0 Å². The van der Waals surface area contributed by atoms with Crippen LogP contribution in [0.25, 0.3) is 0 Å². The summed E-state index contributed by atoms with van der Waals surface area (Å²) in [6.45, 7) is 5.53. The minimum atomic E-state index is -0.589. The van der Waals surface area contributed by atoms with Crippen LogP contribution in [0.15, 0.2) is 0 Å². The Bertz CT molecular complexity index is 340. The molecule has 0 spiro atoms. The van der Waals surface area contributed by atoms with E-state index in [0.29, 0.717) is 6.54 Å². The van der Waals surface area contributed by atoms with Crippen LogP contribution in [0.2, 0.25) is 0 Å². The van der Waals surface area contributed by atoms with Crippen LogP contribution in [-0.2, 0) is 9.59 Å². The van der Waals surface area contributed by atoms with Crippen molar-refractivity contribution < 1.29 is 14.4 Å². The molecule has 1 unspecified atom stereocenters. The number of amides is 4. The highest BCUT2D eigenvalue weighted by atomic mass is 16.2. The molecular formula is C12H22N4O3. The normalized spacial score (nSPS) is 16.0. The first kappa shape index (κ1) is 15.4. The van der Waals surface area contributed by atoms with Gasteiger partial charge in [0.25, 0.3) is 0 Å². The molecule has 1 rings (SSSR count). The van der Waals surface area contributed by atoms with Gasteiger partial charge in [0, 0.05) is 19.6 Å². The maximum atomic E-state index is 11.7. The van der Waals surface area contributed by atoms with E-state index in [9.17, 15) is 14.4 Å². The summed E-state index contributed by atoms with van der Waals surface area (Å²) in [6.07, 6.45) is 2.08. The minimum absolute atomic E-state index is 0.00448. The van der Waals surface area contributed by atoms with Crippen molar-refractivity contribution in [2.75, 3.05) is 26.2 Å². The zero-order valence-corrected chi connectivity index (χ0v) is 11.5. The highest BCUT2D eigenvalue weighted by molar-refractivity contribution is 5.97. The number of rotatable bonds is 5. The van der Waals surface area contributed by atoms with Crippen LogP contribution >= 0.6 is 0 Å². The summed E-state index contributed by atoms with van der Waals surface area (Å²) in [5.74, 6) is -0.449. The Morgan fingerprint density at radius 3 is 2.42 bits per heavy atom. The van der Waals surface area contributed by atoms with Crippen molar-refractivity contribution in [3.63, 3.8) is 0 Å². The smallest absolute Gasteiger partial charge is 0.321 e. The topological polar surface area (TPSA) is 90.5 Å². The van der Waals surface area contributed by atoms with Crippen LogP contribution in [0.4, 0.5) is 4.79 Å². The van der Waals surface area contributed by atoms with Gasteiger partial charge in [0.15, 0.2) is 0 Å². The van der Waals surface area contributed by atoms with Crippen LogP contribution in [0.3, 0.4) is 0 Å². The molecule has 19 heavy (non-hydrogen) atoms. The standard InChI is InChI=1S/C12H22N4O3/c1-3-13-12(19)15-11(18)9(2)14-8-10(17)16-6-4-5-7-16/h9,14H,3-8H2,1-2H3,(H2,13,15,18,19). The molecule has 1 aliphatic heterocycles. The molecule has 7 heteroatoms. The Kier molecular flexibility index (Phi) is 6.27. The Labute approximate surface area is 113 Å². The molecule has 0 bridgehead atoms. The first-order valence-corrected chi connectivity index (χ1v) is 6.64. The SMILES string of the molecule is CCNC(=O)NC(=O)C(C)NCC(=O)N1CCCC1. The average molecular weight is 270 g/mol. The zero-order chi connectivity index (χ0) is 14.3. The monoisotopic (exact) mass is 270 g/mol. The van der Waals surface area contributed by atoms with Crippen molar-refractivity contribution >= 4 is 17.8 Å². The number of nitrogens with zero attached hydrogens (tertiary/aromatic N) is 1. The summed E-state index contributed by atoms with van der Waals surface area (Å²) in [5, 5.41) is 7.49. The molecule has 0 aliphatic carbocycles. The summed E-state index contributed by atoms with van der Waals surface area (Å²) in [4.78, 5) is 36.3. The van der Waals surface area contributed by atoms with E-state index in [1.165, 1.54) is 0 Å². The third kappa shape index (κ3) is 5.25. The Balaban J connectivity index is 2.25. The van der Waals surface area contributed by atoms with Crippen LogP contribution in [-0.4, -0.2) is 55.0 Å². The van der Waals surface area contributed by atoms with Gasteiger partial charge in [0.1, 0.15) is 0 Å². The van der Waals surface area contributed by atoms with Crippen molar-refractivity contribution in [1.29, 1.82) is 0 Å². The summed E-state index contributed by atoms with van der Waals surface area (Å²) in [5.41, 5.74) is 0. The quantitative estimate of drug-likeness (QED) is 0.624. The van der Waals surface area contributed by atoms with Gasteiger partial charge in [-0.25, -0.2) is 4.79 Å². The molecule has 0 aromatic rings. The number of hydrogen-bond acceptors (Lipinski definition) is 4.